The highest BCUT2D eigenvalue weighted by Crippen LogP contribution is 2.21. The van der Waals surface area contributed by atoms with E-state index in [9.17, 15) is 0 Å². The molecule has 1 unspecified atom stereocenters. The van der Waals surface area contributed by atoms with Gasteiger partial charge in [0.05, 0.1) is 12.3 Å². The number of nitrogens with zero attached hydrogens (tertiary/aromatic N) is 2. The smallest absolute Gasteiger partial charge is 0.239 e. The topological polar surface area (TPSA) is 63.4 Å². The second-order valence-electron chi connectivity index (χ2n) is 5.08. The van der Waals surface area contributed by atoms with E-state index in [0.29, 0.717) is 24.2 Å². The maximum Gasteiger partial charge on any atom is 0.239 e. The van der Waals surface area contributed by atoms with E-state index in [4.69, 9.17) is 10.5 Å². The maximum atomic E-state index is 5.84. The van der Waals surface area contributed by atoms with Crippen molar-refractivity contribution in [3.8, 4) is 5.88 Å². The second-order valence-corrected chi connectivity index (χ2v) is 5.08. The van der Waals surface area contributed by atoms with E-state index < -0.39 is 0 Å². The average Bonchev–Trinajstić information content (AvgIpc) is 2.37. The summed E-state index contributed by atoms with van der Waals surface area (Å²) in [6.07, 6.45) is 2.00. The number of pyridine rings is 1. The lowest BCUT2D eigenvalue weighted by Crippen LogP contribution is -2.23. The van der Waals surface area contributed by atoms with Gasteiger partial charge in [0, 0.05) is 6.04 Å². The number of rotatable bonds is 8. The lowest BCUT2D eigenvalue weighted by Gasteiger charge is -2.18. The minimum atomic E-state index is 0.359. The molecule has 0 fully saturated rings. The standard InChI is InChI=1S/C14H26N4O/c1-5-10-19-14-12(15)6-7-13(17-14)16-11(2)8-9-18(3)4/h6-7,11H,5,8-10,15H2,1-4H3,(H,16,17). The van der Waals surface area contributed by atoms with Gasteiger partial charge in [-0.3, -0.25) is 0 Å². The Balaban J connectivity index is 2.58. The van der Waals surface area contributed by atoms with Gasteiger partial charge in [-0.1, -0.05) is 6.92 Å². The largest absolute Gasteiger partial charge is 0.476 e. The molecule has 5 heteroatoms. The van der Waals surface area contributed by atoms with Crippen LogP contribution in [0.25, 0.3) is 0 Å². The molecule has 0 aliphatic carbocycles. The van der Waals surface area contributed by atoms with Gasteiger partial charge < -0.3 is 20.7 Å². The number of aromatic nitrogens is 1. The molecular weight excluding hydrogens is 240 g/mol. The number of hydrogen-bond donors (Lipinski definition) is 2. The summed E-state index contributed by atoms with van der Waals surface area (Å²) in [7, 11) is 4.15. The first-order valence-electron chi connectivity index (χ1n) is 6.83. The van der Waals surface area contributed by atoms with Crippen molar-refractivity contribution in [2.45, 2.75) is 32.7 Å². The first-order chi connectivity index (χ1) is 9.02. The van der Waals surface area contributed by atoms with Crippen molar-refractivity contribution in [1.82, 2.24) is 9.88 Å². The Labute approximate surface area is 116 Å². The fourth-order valence-electron chi connectivity index (χ4n) is 1.62. The van der Waals surface area contributed by atoms with Crippen molar-refractivity contribution in [3.05, 3.63) is 12.1 Å². The minimum Gasteiger partial charge on any atom is -0.476 e. The zero-order chi connectivity index (χ0) is 14.3. The number of anilines is 2. The lowest BCUT2D eigenvalue weighted by atomic mass is 10.2. The number of ether oxygens (including phenoxy) is 1. The van der Waals surface area contributed by atoms with Crippen LogP contribution >= 0.6 is 0 Å². The van der Waals surface area contributed by atoms with Crippen molar-refractivity contribution in [2.75, 3.05) is 38.3 Å². The van der Waals surface area contributed by atoms with E-state index in [1.54, 1.807) is 0 Å². The summed E-state index contributed by atoms with van der Waals surface area (Å²) >= 11 is 0. The van der Waals surface area contributed by atoms with Gasteiger partial charge in [0.2, 0.25) is 5.88 Å². The molecule has 0 amide bonds. The summed E-state index contributed by atoms with van der Waals surface area (Å²) in [4.78, 5) is 6.58. The quantitative estimate of drug-likeness (QED) is 0.755. The lowest BCUT2D eigenvalue weighted by molar-refractivity contribution is 0.307. The zero-order valence-corrected chi connectivity index (χ0v) is 12.4. The molecule has 0 aliphatic rings. The van der Waals surface area contributed by atoms with Crippen molar-refractivity contribution < 1.29 is 4.74 Å². The third kappa shape index (κ3) is 5.79. The molecule has 1 aromatic rings. The monoisotopic (exact) mass is 266 g/mol. The van der Waals surface area contributed by atoms with E-state index in [-0.39, 0.29) is 0 Å². The van der Waals surface area contributed by atoms with Crippen LogP contribution in [0.2, 0.25) is 0 Å². The predicted molar refractivity (Wildman–Crippen MR) is 80.7 cm³/mol. The van der Waals surface area contributed by atoms with Gasteiger partial charge in [0.1, 0.15) is 5.82 Å². The average molecular weight is 266 g/mol. The molecule has 1 atom stereocenters. The molecule has 0 radical (unpaired) electrons. The van der Waals surface area contributed by atoms with Gasteiger partial charge in [-0.2, -0.15) is 4.98 Å². The molecule has 108 valence electrons. The molecular formula is C14H26N4O. The number of nitrogens with two attached hydrogens (primary N) is 1. The van der Waals surface area contributed by atoms with Crippen LogP contribution in [0, 0.1) is 0 Å². The van der Waals surface area contributed by atoms with Gasteiger partial charge in [-0.05, 0) is 52.5 Å². The minimum absolute atomic E-state index is 0.359. The van der Waals surface area contributed by atoms with Crippen molar-refractivity contribution in [3.63, 3.8) is 0 Å². The molecule has 1 aromatic heterocycles. The Morgan fingerprint density at radius 1 is 1.42 bits per heavy atom. The van der Waals surface area contributed by atoms with Crippen LogP contribution in [0.4, 0.5) is 11.5 Å². The van der Waals surface area contributed by atoms with E-state index >= 15 is 0 Å². The summed E-state index contributed by atoms with van der Waals surface area (Å²) < 4.78 is 5.52. The van der Waals surface area contributed by atoms with Gasteiger partial charge in [0.15, 0.2) is 0 Å². The molecule has 0 bridgehead atoms. The molecule has 3 N–H and O–H groups in total. The predicted octanol–water partition coefficient (Wildman–Crippen LogP) is 2.20. The number of nitrogen functional groups attached to an aromatic ring is 1. The Morgan fingerprint density at radius 3 is 2.79 bits per heavy atom. The molecule has 0 saturated carbocycles. The van der Waals surface area contributed by atoms with Gasteiger partial charge in [-0.15, -0.1) is 0 Å². The van der Waals surface area contributed by atoms with E-state index in [2.05, 4.69) is 43.1 Å². The van der Waals surface area contributed by atoms with Crippen LogP contribution < -0.4 is 15.8 Å². The fraction of sp³-hybridized carbons (Fsp3) is 0.643. The van der Waals surface area contributed by atoms with Gasteiger partial charge in [0.25, 0.3) is 0 Å². The van der Waals surface area contributed by atoms with Crippen LogP contribution in [0.1, 0.15) is 26.7 Å². The zero-order valence-electron chi connectivity index (χ0n) is 12.4. The summed E-state index contributed by atoms with van der Waals surface area (Å²) in [5, 5.41) is 3.37. The van der Waals surface area contributed by atoms with Crippen molar-refractivity contribution in [2.24, 2.45) is 0 Å². The Kier molecular flexibility index (Phi) is 6.42. The normalized spacial score (nSPS) is 12.5. The molecule has 0 spiro atoms. The molecule has 0 saturated heterocycles. The molecule has 5 nitrogen and oxygen atoms in total. The summed E-state index contributed by atoms with van der Waals surface area (Å²) in [5.41, 5.74) is 6.42. The first-order valence-corrected chi connectivity index (χ1v) is 6.83. The molecule has 19 heavy (non-hydrogen) atoms. The molecule has 0 aromatic carbocycles. The Morgan fingerprint density at radius 2 is 2.16 bits per heavy atom. The highest BCUT2D eigenvalue weighted by Gasteiger charge is 2.07. The molecule has 0 aliphatic heterocycles. The second kappa shape index (κ2) is 7.84. The highest BCUT2D eigenvalue weighted by atomic mass is 16.5. The third-order valence-electron chi connectivity index (χ3n) is 2.74. The van der Waals surface area contributed by atoms with Crippen LogP contribution in [0.3, 0.4) is 0 Å². The molecule has 1 heterocycles. The summed E-state index contributed by atoms with van der Waals surface area (Å²) in [5.74, 6) is 1.33. The third-order valence-corrected chi connectivity index (χ3v) is 2.74. The summed E-state index contributed by atoms with van der Waals surface area (Å²) in [6.45, 7) is 5.88. The first kappa shape index (κ1) is 15.6. The van der Waals surface area contributed by atoms with E-state index in [1.165, 1.54) is 0 Å². The number of hydrogen-bond acceptors (Lipinski definition) is 5. The van der Waals surface area contributed by atoms with Crippen LogP contribution in [-0.2, 0) is 0 Å². The SMILES string of the molecule is CCCOc1nc(NC(C)CCN(C)C)ccc1N. The Bertz CT molecular complexity index is 382. The highest BCUT2D eigenvalue weighted by molar-refractivity contribution is 5.53. The van der Waals surface area contributed by atoms with Gasteiger partial charge >= 0.3 is 0 Å². The maximum absolute atomic E-state index is 5.84. The van der Waals surface area contributed by atoms with Crippen molar-refractivity contribution in [1.29, 1.82) is 0 Å². The van der Waals surface area contributed by atoms with Crippen LogP contribution in [0.5, 0.6) is 5.88 Å². The number of nitrogens with one attached hydrogen (secondary N) is 1. The van der Waals surface area contributed by atoms with E-state index in [0.717, 1.165) is 25.2 Å². The van der Waals surface area contributed by atoms with E-state index in [1.807, 2.05) is 12.1 Å². The van der Waals surface area contributed by atoms with Crippen LogP contribution in [-0.4, -0.2) is 43.2 Å². The van der Waals surface area contributed by atoms with Gasteiger partial charge in [-0.25, -0.2) is 0 Å². The van der Waals surface area contributed by atoms with Crippen molar-refractivity contribution >= 4 is 11.5 Å². The summed E-state index contributed by atoms with van der Waals surface area (Å²) in [6, 6.07) is 4.08. The Hall–Kier alpha value is -1.49. The van der Waals surface area contributed by atoms with Crippen LogP contribution in [0.15, 0.2) is 12.1 Å². The fourth-order valence-corrected chi connectivity index (χ4v) is 1.62. The molecule has 1 rings (SSSR count).